The molecule has 1 heterocycles. The van der Waals surface area contributed by atoms with Crippen LogP contribution in [0.25, 0.3) is 11.3 Å². The van der Waals surface area contributed by atoms with Crippen LogP contribution in [0.15, 0.2) is 41.2 Å². The van der Waals surface area contributed by atoms with Crippen molar-refractivity contribution in [1.29, 1.82) is 0 Å². The summed E-state index contributed by atoms with van der Waals surface area (Å²) in [6, 6.07) is 11.2. The Bertz CT molecular complexity index is 687. The fourth-order valence-electron chi connectivity index (χ4n) is 2.29. The summed E-state index contributed by atoms with van der Waals surface area (Å²) in [6.07, 6.45) is 0.115. The van der Waals surface area contributed by atoms with Crippen LogP contribution in [0, 0.1) is 0 Å². The molecule has 2 N–H and O–H groups in total. The average Bonchev–Trinajstić information content (AvgIpc) is 2.41. The maximum atomic E-state index is 12.3. The number of hydrogen-bond donors (Lipinski definition) is 1. The van der Waals surface area contributed by atoms with Crippen molar-refractivity contribution in [1.82, 2.24) is 4.57 Å². The molecule has 0 fully saturated rings. The van der Waals surface area contributed by atoms with Crippen molar-refractivity contribution in [3.05, 3.63) is 52.3 Å². The van der Waals surface area contributed by atoms with Crippen LogP contribution in [0.3, 0.4) is 0 Å². The molecular weight excluding hydrogens is 264 g/mol. The van der Waals surface area contributed by atoms with Crippen molar-refractivity contribution < 1.29 is 4.74 Å². The third kappa shape index (κ3) is 3.34. The molecule has 1 atom stereocenters. The lowest BCUT2D eigenvalue weighted by molar-refractivity contribution is 0.242. The van der Waals surface area contributed by atoms with E-state index in [9.17, 15) is 4.79 Å². The number of rotatable bonds is 4. The minimum Gasteiger partial charge on any atom is -0.491 e. The van der Waals surface area contributed by atoms with Gasteiger partial charge >= 0.3 is 0 Å². The van der Waals surface area contributed by atoms with Crippen LogP contribution < -0.4 is 16.0 Å². The summed E-state index contributed by atoms with van der Waals surface area (Å²) in [4.78, 5) is 12.3. The van der Waals surface area contributed by atoms with E-state index in [1.807, 2.05) is 51.1 Å². The van der Waals surface area contributed by atoms with Gasteiger partial charge in [0.25, 0.3) is 5.56 Å². The molecule has 1 aromatic carbocycles. The van der Waals surface area contributed by atoms with Crippen LogP contribution in [0.1, 0.15) is 32.4 Å². The smallest absolute Gasteiger partial charge is 0.255 e. The van der Waals surface area contributed by atoms with Gasteiger partial charge in [-0.3, -0.25) is 4.79 Å². The average molecular weight is 286 g/mol. The zero-order chi connectivity index (χ0) is 15.6. The van der Waals surface area contributed by atoms with Gasteiger partial charge in [0.1, 0.15) is 5.75 Å². The van der Waals surface area contributed by atoms with Crippen molar-refractivity contribution in [2.45, 2.75) is 32.9 Å². The van der Waals surface area contributed by atoms with Gasteiger partial charge in [-0.2, -0.15) is 0 Å². The largest absolute Gasteiger partial charge is 0.491 e. The minimum absolute atomic E-state index is 0.0577. The monoisotopic (exact) mass is 286 g/mol. The normalized spacial score (nSPS) is 12.5. The molecule has 2 aromatic rings. The number of ether oxygens (including phenoxy) is 1. The number of pyridine rings is 1. The molecule has 0 aliphatic rings. The Morgan fingerprint density at radius 2 is 1.86 bits per heavy atom. The Morgan fingerprint density at radius 1 is 1.14 bits per heavy atom. The van der Waals surface area contributed by atoms with Crippen molar-refractivity contribution in [3.8, 4) is 17.0 Å². The van der Waals surface area contributed by atoms with E-state index < -0.39 is 0 Å². The number of benzene rings is 1. The first kappa shape index (κ1) is 15.3. The first-order chi connectivity index (χ1) is 9.90. The summed E-state index contributed by atoms with van der Waals surface area (Å²) >= 11 is 0. The quantitative estimate of drug-likeness (QED) is 0.940. The van der Waals surface area contributed by atoms with E-state index >= 15 is 0 Å². The van der Waals surface area contributed by atoms with E-state index in [1.54, 1.807) is 17.7 Å². The van der Waals surface area contributed by atoms with Crippen LogP contribution in [0.4, 0.5) is 0 Å². The van der Waals surface area contributed by atoms with E-state index in [0.29, 0.717) is 5.56 Å². The predicted octanol–water partition coefficient (Wildman–Crippen LogP) is 2.86. The Morgan fingerprint density at radius 3 is 2.48 bits per heavy atom. The second kappa shape index (κ2) is 6.14. The molecule has 0 saturated heterocycles. The third-order valence-corrected chi connectivity index (χ3v) is 3.33. The van der Waals surface area contributed by atoms with Crippen LogP contribution in [0.2, 0.25) is 0 Å². The Hall–Kier alpha value is -2.07. The first-order valence-corrected chi connectivity index (χ1v) is 7.12. The summed E-state index contributed by atoms with van der Waals surface area (Å²) in [5, 5.41) is 0. The highest BCUT2D eigenvalue weighted by molar-refractivity contribution is 5.62. The number of aromatic nitrogens is 1. The van der Waals surface area contributed by atoms with Crippen molar-refractivity contribution in [2.24, 2.45) is 12.8 Å². The van der Waals surface area contributed by atoms with E-state index in [1.165, 1.54) is 0 Å². The maximum absolute atomic E-state index is 12.3. The van der Waals surface area contributed by atoms with Crippen LogP contribution in [-0.4, -0.2) is 10.7 Å². The third-order valence-electron chi connectivity index (χ3n) is 3.33. The predicted molar refractivity (Wildman–Crippen MR) is 85.5 cm³/mol. The topological polar surface area (TPSA) is 57.2 Å². The van der Waals surface area contributed by atoms with Crippen LogP contribution >= 0.6 is 0 Å². The minimum atomic E-state index is -0.270. The lowest BCUT2D eigenvalue weighted by Crippen LogP contribution is -2.26. The second-order valence-corrected chi connectivity index (χ2v) is 5.52. The molecular formula is C17H22N2O2. The van der Waals surface area contributed by atoms with Gasteiger partial charge < -0.3 is 15.0 Å². The van der Waals surface area contributed by atoms with Gasteiger partial charge in [0, 0.05) is 24.2 Å². The van der Waals surface area contributed by atoms with Gasteiger partial charge in [0.05, 0.1) is 11.8 Å². The number of hydrogen-bond acceptors (Lipinski definition) is 3. The standard InChI is InChI=1S/C17H22N2O2/c1-11(2)21-14-7-5-6-13(10-14)16-9-8-15(12(3)18)17(20)19(16)4/h5-12H,18H2,1-4H3. The molecule has 0 bridgehead atoms. The first-order valence-electron chi connectivity index (χ1n) is 7.12. The van der Waals surface area contributed by atoms with E-state index in [0.717, 1.165) is 17.0 Å². The highest BCUT2D eigenvalue weighted by atomic mass is 16.5. The molecule has 0 radical (unpaired) electrons. The zero-order valence-corrected chi connectivity index (χ0v) is 13.0. The molecule has 2 rings (SSSR count). The molecule has 1 unspecified atom stereocenters. The van der Waals surface area contributed by atoms with Gasteiger partial charge in [-0.15, -0.1) is 0 Å². The summed E-state index contributed by atoms with van der Waals surface area (Å²) in [5.41, 5.74) is 8.18. The second-order valence-electron chi connectivity index (χ2n) is 5.52. The van der Waals surface area contributed by atoms with Crippen molar-refractivity contribution in [2.75, 3.05) is 0 Å². The van der Waals surface area contributed by atoms with E-state index in [2.05, 4.69) is 0 Å². The zero-order valence-electron chi connectivity index (χ0n) is 13.0. The van der Waals surface area contributed by atoms with Gasteiger partial charge in [-0.05, 0) is 45.0 Å². The SMILES string of the molecule is CC(C)Oc1cccc(-c2ccc(C(C)N)c(=O)n2C)c1. The summed E-state index contributed by atoms with van der Waals surface area (Å²) in [6.45, 7) is 5.78. The molecule has 4 heteroatoms. The highest BCUT2D eigenvalue weighted by Crippen LogP contribution is 2.24. The maximum Gasteiger partial charge on any atom is 0.255 e. The molecule has 4 nitrogen and oxygen atoms in total. The highest BCUT2D eigenvalue weighted by Gasteiger charge is 2.11. The fourth-order valence-corrected chi connectivity index (χ4v) is 2.29. The fraction of sp³-hybridized carbons (Fsp3) is 0.353. The molecule has 0 spiro atoms. The molecule has 0 amide bonds. The van der Waals surface area contributed by atoms with E-state index in [4.69, 9.17) is 10.5 Å². The summed E-state index contributed by atoms with van der Waals surface area (Å²) in [7, 11) is 1.76. The van der Waals surface area contributed by atoms with Gasteiger partial charge in [0.15, 0.2) is 0 Å². The van der Waals surface area contributed by atoms with Crippen LogP contribution in [0.5, 0.6) is 5.75 Å². The number of nitrogens with zero attached hydrogens (tertiary/aromatic N) is 1. The molecule has 21 heavy (non-hydrogen) atoms. The van der Waals surface area contributed by atoms with Crippen LogP contribution in [-0.2, 0) is 7.05 Å². The molecule has 1 aromatic heterocycles. The summed E-state index contributed by atoms with van der Waals surface area (Å²) in [5.74, 6) is 0.797. The summed E-state index contributed by atoms with van der Waals surface area (Å²) < 4.78 is 7.33. The van der Waals surface area contributed by atoms with Gasteiger partial charge in [-0.1, -0.05) is 12.1 Å². The van der Waals surface area contributed by atoms with Gasteiger partial charge in [-0.25, -0.2) is 0 Å². The Balaban J connectivity index is 2.48. The molecule has 0 aliphatic carbocycles. The van der Waals surface area contributed by atoms with Crippen molar-refractivity contribution in [3.63, 3.8) is 0 Å². The Labute approximate surface area is 125 Å². The molecule has 112 valence electrons. The van der Waals surface area contributed by atoms with E-state index in [-0.39, 0.29) is 17.7 Å². The molecule has 0 saturated carbocycles. The lowest BCUT2D eigenvalue weighted by atomic mass is 10.1. The number of nitrogens with two attached hydrogens (primary N) is 1. The lowest BCUT2D eigenvalue weighted by Gasteiger charge is -2.14. The Kier molecular flexibility index (Phi) is 4.48. The van der Waals surface area contributed by atoms with Crippen molar-refractivity contribution >= 4 is 0 Å². The van der Waals surface area contributed by atoms with Gasteiger partial charge in [0.2, 0.25) is 0 Å². The molecule has 0 aliphatic heterocycles.